The van der Waals surface area contributed by atoms with Crippen LogP contribution in [0.25, 0.3) is 0 Å². The van der Waals surface area contributed by atoms with Crippen molar-refractivity contribution in [1.29, 1.82) is 5.26 Å². The second-order valence-corrected chi connectivity index (χ2v) is 4.89. The van der Waals surface area contributed by atoms with Gasteiger partial charge in [0.1, 0.15) is 5.82 Å². The Morgan fingerprint density at radius 3 is 2.88 bits per heavy atom. The SMILES string of the molecule is Cc1ccnc(NCC(C)(C)CCC#N)c1. The molecular weight excluding hydrogens is 198 g/mol. The summed E-state index contributed by atoms with van der Waals surface area (Å²) in [7, 11) is 0. The van der Waals surface area contributed by atoms with E-state index in [1.165, 1.54) is 5.56 Å². The van der Waals surface area contributed by atoms with Gasteiger partial charge < -0.3 is 5.32 Å². The van der Waals surface area contributed by atoms with E-state index in [1.807, 2.05) is 19.1 Å². The zero-order valence-electron chi connectivity index (χ0n) is 10.2. The normalized spacial score (nSPS) is 10.9. The highest BCUT2D eigenvalue weighted by molar-refractivity contribution is 5.37. The summed E-state index contributed by atoms with van der Waals surface area (Å²) < 4.78 is 0. The van der Waals surface area contributed by atoms with Crippen molar-refractivity contribution in [3.8, 4) is 6.07 Å². The lowest BCUT2D eigenvalue weighted by atomic mass is 9.88. The zero-order valence-corrected chi connectivity index (χ0v) is 10.2. The molecule has 0 amide bonds. The van der Waals surface area contributed by atoms with Crippen LogP contribution in [0.3, 0.4) is 0 Å². The van der Waals surface area contributed by atoms with Gasteiger partial charge in [-0.25, -0.2) is 4.98 Å². The van der Waals surface area contributed by atoms with E-state index in [9.17, 15) is 0 Å². The highest BCUT2D eigenvalue weighted by Gasteiger charge is 2.17. The van der Waals surface area contributed by atoms with Gasteiger partial charge in [-0.3, -0.25) is 0 Å². The van der Waals surface area contributed by atoms with E-state index in [0.717, 1.165) is 18.8 Å². The lowest BCUT2D eigenvalue weighted by Gasteiger charge is -2.24. The lowest BCUT2D eigenvalue weighted by Crippen LogP contribution is -2.23. The highest BCUT2D eigenvalue weighted by atomic mass is 15.0. The summed E-state index contributed by atoms with van der Waals surface area (Å²) in [6.07, 6.45) is 3.32. The smallest absolute Gasteiger partial charge is 0.126 e. The predicted octanol–water partition coefficient (Wildman–Crippen LogP) is 3.13. The monoisotopic (exact) mass is 217 g/mol. The number of nitrogens with zero attached hydrogens (tertiary/aromatic N) is 2. The average Bonchev–Trinajstić information content (AvgIpc) is 2.24. The molecule has 0 atom stereocenters. The minimum atomic E-state index is 0.126. The Hall–Kier alpha value is -1.56. The Morgan fingerprint density at radius 2 is 2.25 bits per heavy atom. The van der Waals surface area contributed by atoms with E-state index in [4.69, 9.17) is 5.26 Å². The van der Waals surface area contributed by atoms with Gasteiger partial charge in [-0.2, -0.15) is 5.26 Å². The number of nitriles is 1. The Balaban J connectivity index is 2.48. The summed E-state index contributed by atoms with van der Waals surface area (Å²) in [5.41, 5.74) is 1.33. The van der Waals surface area contributed by atoms with Crippen LogP contribution >= 0.6 is 0 Å². The molecule has 0 bridgehead atoms. The van der Waals surface area contributed by atoms with Crippen LogP contribution in [0.4, 0.5) is 5.82 Å². The second-order valence-electron chi connectivity index (χ2n) is 4.89. The van der Waals surface area contributed by atoms with Gasteiger partial charge in [0.25, 0.3) is 0 Å². The second kappa shape index (κ2) is 5.50. The van der Waals surface area contributed by atoms with Gasteiger partial charge in [0, 0.05) is 19.2 Å². The molecule has 0 saturated carbocycles. The molecular formula is C13H19N3. The molecule has 16 heavy (non-hydrogen) atoms. The fraction of sp³-hybridized carbons (Fsp3) is 0.538. The van der Waals surface area contributed by atoms with E-state index in [-0.39, 0.29) is 5.41 Å². The summed E-state index contributed by atoms with van der Waals surface area (Å²) in [6, 6.07) is 6.19. The molecule has 0 spiro atoms. The van der Waals surface area contributed by atoms with Crippen molar-refractivity contribution < 1.29 is 0 Å². The molecule has 0 aliphatic heterocycles. The van der Waals surface area contributed by atoms with Gasteiger partial charge in [-0.15, -0.1) is 0 Å². The fourth-order valence-corrected chi connectivity index (χ4v) is 1.45. The highest BCUT2D eigenvalue weighted by Crippen LogP contribution is 2.22. The zero-order chi connectivity index (χ0) is 12.0. The number of nitrogens with one attached hydrogen (secondary N) is 1. The maximum absolute atomic E-state index is 8.57. The van der Waals surface area contributed by atoms with Crippen LogP contribution in [-0.2, 0) is 0 Å². The molecule has 0 fully saturated rings. The van der Waals surface area contributed by atoms with Crippen molar-refractivity contribution in [1.82, 2.24) is 4.98 Å². The number of pyridine rings is 1. The van der Waals surface area contributed by atoms with Gasteiger partial charge in [-0.05, 0) is 36.5 Å². The van der Waals surface area contributed by atoms with E-state index in [2.05, 4.69) is 30.2 Å². The first-order chi connectivity index (χ1) is 7.53. The molecule has 1 N–H and O–H groups in total. The topological polar surface area (TPSA) is 48.7 Å². The predicted molar refractivity (Wildman–Crippen MR) is 66.1 cm³/mol. The molecule has 3 heteroatoms. The first-order valence-corrected chi connectivity index (χ1v) is 5.57. The third-order valence-corrected chi connectivity index (χ3v) is 2.58. The summed E-state index contributed by atoms with van der Waals surface area (Å²) in [5, 5.41) is 11.9. The van der Waals surface area contributed by atoms with E-state index < -0.39 is 0 Å². The maximum Gasteiger partial charge on any atom is 0.126 e. The summed E-state index contributed by atoms with van der Waals surface area (Å²) in [5.74, 6) is 0.907. The minimum Gasteiger partial charge on any atom is -0.370 e. The molecule has 0 radical (unpaired) electrons. The Labute approximate surface area is 97.5 Å². The van der Waals surface area contributed by atoms with Crippen molar-refractivity contribution >= 4 is 5.82 Å². The van der Waals surface area contributed by atoms with Crippen LogP contribution in [0.2, 0.25) is 0 Å². The number of rotatable bonds is 5. The third kappa shape index (κ3) is 4.31. The van der Waals surface area contributed by atoms with Crippen LogP contribution in [0.5, 0.6) is 0 Å². The molecule has 0 aromatic carbocycles. The number of hydrogen-bond acceptors (Lipinski definition) is 3. The van der Waals surface area contributed by atoms with Gasteiger partial charge >= 0.3 is 0 Å². The Bertz CT molecular complexity index is 377. The largest absolute Gasteiger partial charge is 0.370 e. The van der Waals surface area contributed by atoms with Crippen molar-refractivity contribution in [2.45, 2.75) is 33.6 Å². The molecule has 1 aromatic heterocycles. The van der Waals surface area contributed by atoms with Crippen LogP contribution < -0.4 is 5.32 Å². The molecule has 1 heterocycles. The lowest BCUT2D eigenvalue weighted by molar-refractivity contribution is 0.363. The van der Waals surface area contributed by atoms with Crippen LogP contribution in [-0.4, -0.2) is 11.5 Å². The fourth-order valence-electron chi connectivity index (χ4n) is 1.45. The summed E-state index contributed by atoms with van der Waals surface area (Å²) >= 11 is 0. The van der Waals surface area contributed by atoms with E-state index in [1.54, 1.807) is 6.20 Å². The van der Waals surface area contributed by atoms with E-state index >= 15 is 0 Å². The average molecular weight is 217 g/mol. The Morgan fingerprint density at radius 1 is 1.50 bits per heavy atom. The molecule has 1 rings (SSSR count). The van der Waals surface area contributed by atoms with Crippen molar-refractivity contribution in [3.63, 3.8) is 0 Å². The number of aromatic nitrogens is 1. The molecule has 86 valence electrons. The minimum absolute atomic E-state index is 0.126. The van der Waals surface area contributed by atoms with Gasteiger partial charge in [0.15, 0.2) is 0 Å². The summed E-state index contributed by atoms with van der Waals surface area (Å²) in [4.78, 5) is 4.25. The van der Waals surface area contributed by atoms with Crippen LogP contribution in [0.15, 0.2) is 18.3 Å². The first kappa shape index (κ1) is 12.5. The molecule has 0 saturated heterocycles. The number of hydrogen-bond donors (Lipinski definition) is 1. The van der Waals surface area contributed by atoms with Crippen molar-refractivity contribution in [2.24, 2.45) is 5.41 Å². The maximum atomic E-state index is 8.57. The molecule has 1 aromatic rings. The van der Waals surface area contributed by atoms with Crippen molar-refractivity contribution in [2.75, 3.05) is 11.9 Å². The standard InChI is InChI=1S/C13H19N3/c1-11-5-8-15-12(9-11)16-10-13(2,3)6-4-7-14/h5,8-9H,4,6,10H2,1-3H3,(H,15,16). The number of anilines is 1. The molecule has 3 nitrogen and oxygen atoms in total. The first-order valence-electron chi connectivity index (χ1n) is 5.57. The molecule has 0 aliphatic carbocycles. The number of aryl methyl sites for hydroxylation is 1. The van der Waals surface area contributed by atoms with Crippen molar-refractivity contribution in [3.05, 3.63) is 23.9 Å². The van der Waals surface area contributed by atoms with Gasteiger partial charge in [-0.1, -0.05) is 13.8 Å². The quantitative estimate of drug-likeness (QED) is 0.824. The third-order valence-electron chi connectivity index (χ3n) is 2.58. The summed E-state index contributed by atoms with van der Waals surface area (Å²) in [6.45, 7) is 7.21. The Kier molecular flexibility index (Phi) is 4.30. The van der Waals surface area contributed by atoms with E-state index in [0.29, 0.717) is 6.42 Å². The van der Waals surface area contributed by atoms with Gasteiger partial charge in [0.05, 0.1) is 6.07 Å². The van der Waals surface area contributed by atoms with Crippen LogP contribution in [0, 0.1) is 23.7 Å². The molecule has 0 aliphatic rings. The van der Waals surface area contributed by atoms with Gasteiger partial charge in [0.2, 0.25) is 0 Å². The molecule has 0 unspecified atom stereocenters. The van der Waals surface area contributed by atoms with Crippen LogP contribution in [0.1, 0.15) is 32.3 Å².